The molecule has 118 valence electrons. The van der Waals surface area contributed by atoms with Gasteiger partial charge >= 0.3 is 0 Å². The molecule has 2 heterocycles. The van der Waals surface area contributed by atoms with Crippen molar-refractivity contribution in [3.8, 4) is 5.69 Å². The van der Waals surface area contributed by atoms with Crippen molar-refractivity contribution in [3.05, 3.63) is 63.8 Å². The van der Waals surface area contributed by atoms with Gasteiger partial charge in [-0.15, -0.1) is 11.3 Å². The fourth-order valence-corrected chi connectivity index (χ4v) is 3.81. The lowest BCUT2D eigenvalue weighted by atomic mass is 10.2. The number of rotatable bonds is 6. The van der Waals surface area contributed by atoms with Crippen LogP contribution >= 0.6 is 27.3 Å². The summed E-state index contributed by atoms with van der Waals surface area (Å²) in [4.78, 5) is 17.4. The molecule has 2 aromatic heterocycles. The number of anilines is 1. The highest BCUT2D eigenvalue weighted by molar-refractivity contribution is 9.11. The highest BCUT2D eigenvalue weighted by Crippen LogP contribution is 2.23. The van der Waals surface area contributed by atoms with Crippen molar-refractivity contribution < 1.29 is 4.79 Å². The Morgan fingerprint density at radius 2 is 2.22 bits per heavy atom. The highest BCUT2D eigenvalue weighted by atomic mass is 79.9. The van der Waals surface area contributed by atoms with Crippen LogP contribution in [-0.2, 0) is 11.2 Å². The normalized spacial score (nSPS) is 10.7. The average molecular weight is 390 g/mol. The number of imidazole rings is 1. The molecule has 0 spiro atoms. The number of hydrogen-bond acceptors (Lipinski definition) is 3. The van der Waals surface area contributed by atoms with Gasteiger partial charge in [-0.05, 0) is 59.1 Å². The fourth-order valence-electron chi connectivity index (χ4n) is 2.29. The second-order valence-electron chi connectivity index (χ2n) is 5.13. The summed E-state index contributed by atoms with van der Waals surface area (Å²) < 4.78 is 3.04. The van der Waals surface area contributed by atoms with Crippen molar-refractivity contribution in [3.63, 3.8) is 0 Å². The molecule has 0 aliphatic rings. The number of carbonyl (C=O) groups excluding carboxylic acids is 1. The zero-order valence-electron chi connectivity index (χ0n) is 12.4. The number of aryl methyl sites for hydroxylation is 1. The summed E-state index contributed by atoms with van der Waals surface area (Å²) in [5, 5.41) is 2.96. The van der Waals surface area contributed by atoms with Gasteiger partial charge in [-0.25, -0.2) is 4.98 Å². The number of nitrogens with one attached hydrogen (secondary N) is 1. The molecule has 0 unspecified atom stereocenters. The van der Waals surface area contributed by atoms with Crippen molar-refractivity contribution in [2.45, 2.75) is 19.3 Å². The average Bonchev–Trinajstić information content (AvgIpc) is 3.19. The molecule has 23 heavy (non-hydrogen) atoms. The first-order valence-corrected chi connectivity index (χ1v) is 8.94. The third-order valence-corrected chi connectivity index (χ3v) is 5.07. The number of amides is 1. The van der Waals surface area contributed by atoms with Crippen LogP contribution in [0.2, 0.25) is 0 Å². The SMILES string of the molecule is O=C(CCCc1ccc(Br)s1)Nc1cccc(-n2ccnc2)c1. The summed E-state index contributed by atoms with van der Waals surface area (Å²) >= 11 is 5.17. The molecule has 1 N–H and O–H groups in total. The van der Waals surface area contributed by atoms with Gasteiger partial charge in [0.05, 0.1) is 10.1 Å². The van der Waals surface area contributed by atoms with Gasteiger partial charge in [0.1, 0.15) is 0 Å². The molecule has 4 nitrogen and oxygen atoms in total. The van der Waals surface area contributed by atoms with Gasteiger partial charge in [0.2, 0.25) is 5.91 Å². The molecule has 0 bridgehead atoms. The van der Waals surface area contributed by atoms with Gasteiger partial charge in [0, 0.05) is 35.1 Å². The van der Waals surface area contributed by atoms with Crippen LogP contribution in [0.4, 0.5) is 5.69 Å². The minimum Gasteiger partial charge on any atom is -0.326 e. The van der Waals surface area contributed by atoms with E-state index in [1.54, 1.807) is 23.9 Å². The summed E-state index contributed by atoms with van der Waals surface area (Å²) in [6.07, 6.45) is 7.64. The molecular formula is C17H16BrN3OS. The molecule has 1 amide bonds. The van der Waals surface area contributed by atoms with Crippen molar-refractivity contribution >= 4 is 38.9 Å². The predicted octanol–water partition coefficient (Wildman–Crippen LogP) is 4.66. The first-order chi connectivity index (χ1) is 11.2. The second-order valence-corrected chi connectivity index (χ2v) is 7.68. The molecule has 0 aliphatic carbocycles. The maximum Gasteiger partial charge on any atom is 0.224 e. The molecule has 1 aromatic carbocycles. The monoisotopic (exact) mass is 389 g/mol. The number of halogens is 1. The van der Waals surface area contributed by atoms with Gasteiger partial charge < -0.3 is 9.88 Å². The van der Waals surface area contributed by atoms with E-state index >= 15 is 0 Å². The van der Waals surface area contributed by atoms with Crippen molar-refractivity contribution in [2.75, 3.05) is 5.32 Å². The molecule has 0 saturated carbocycles. The van der Waals surface area contributed by atoms with E-state index < -0.39 is 0 Å². The zero-order chi connectivity index (χ0) is 16.1. The lowest BCUT2D eigenvalue weighted by Gasteiger charge is -2.08. The lowest BCUT2D eigenvalue weighted by molar-refractivity contribution is -0.116. The molecular weight excluding hydrogens is 374 g/mol. The number of nitrogens with zero attached hydrogens (tertiary/aromatic N) is 2. The predicted molar refractivity (Wildman–Crippen MR) is 97.2 cm³/mol. The van der Waals surface area contributed by atoms with Gasteiger partial charge in [-0.3, -0.25) is 4.79 Å². The van der Waals surface area contributed by atoms with Crippen LogP contribution in [0.1, 0.15) is 17.7 Å². The van der Waals surface area contributed by atoms with E-state index in [9.17, 15) is 4.79 Å². The van der Waals surface area contributed by atoms with E-state index in [1.807, 2.05) is 41.1 Å². The van der Waals surface area contributed by atoms with Crippen molar-refractivity contribution in [1.82, 2.24) is 9.55 Å². The third kappa shape index (κ3) is 4.53. The van der Waals surface area contributed by atoms with Gasteiger partial charge in [0.25, 0.3) is 0 Å². The van der Waals surface area contributed by atoms with E-state index in [4.69, 9.17) is 0 Å². The van der Waals surface area contributed by atoms with Crippen LogP contribution in [0.25, 0.3) is 5.69 Å². The molecule has 0 fully saturated rings. The van der Waals surface area contributed by atoms with Crippen LogP contribution < -0.4 is 5.32 Å². The van der Waals surface area contributed by atoms with E-state index in [0.29, 0.717) is 6.42 Å². The lowest BCUT2D eigenvalue weighted by Crippen LogP contribution is -2.11. The minimum absolute atomic E-state index is 0.0448. The maximum absolute atomic E-state index is 12.1. The highest BCUT2D eigenvalue weighted by Gasteiger charge is 2.05. The van der Waals surface area contributed by atoms with E-state index in [0.717, 1.165) is 28.0 Å². The van der Waals surface area contributed by atoms with E-state index in [2.05, 4.69) is 32.3 Å². The Hall–Kier alpha value is -1.92. The van der Waals surface area contributed by atoms with Crippen LogP contribution in [0, 0.1) is 0 Å². The molecule has 3 aromatic rings. The Labute approximate surface area is 147 Å². The Balaban J connectivity index is 1.52. The van der Waals surface area contributed by atoms with Gasteiger partial charge in [-0.2, -0.15) is 0 Å². The van der Waals surface area contributed by atoms with Crippen molar-refractivity contribution in [2.24, 2.45) is 0 Å². The Morgan fingerprint density at radius 1 is 1.30 bits per heavy atom. The minimum atomic E-state index is 0.0448. The van der Waals surface area contributed by atoms with Crippen LogP contribution in [-0.4, -0.2) is 15.5 Å². The van der Waals surface area contributed by atoms with Crippen LogP contribution in [0.3, 0.4) is 0 Å². The number of thiophene rings is 1. The summed E-state index contributed by atoms with van der Waals surface area (Å²) in [6.45, 7) is 0. The molecule has 3 rings (SSSR count). The Kier molecular flexibility index (Phi) is 5.25. The molecule has 6 heteroatoms. The topological polar surface area (TPSA) is 46.9 Å². The summed E-state index contributed by atoms with van der Waals surface area (Å²) in [5.74, 6) is 0.0448. The van der Waals surface area contributed by atoms with Gasteiger partial charge in [-0.1, -0.05) is 6.07 Å². The van der Waals surface area contributed by atoms with E-state index in [1.165, 1.54) is 4.88 Å². The molecule has 0 atom stereocenters. The first kappa shape index (κ1) is 16.0. The number of aromatic nitrogens is 2. The smallest absolute Gasteiger partial charge is 0.224 e. The Bertz CT molecular complexity index is 783. The third-order valence-electron chi connectivity index (χ3n) is 3.39. The van der Waals surface area contributed by atoms with E-state index in [-0.39, 0.29) is 5.91 Å². The van der Waals surface area contributed by atoms with Crippen LogP contribution in [0.5, 0.6) is 0 Å². The number of carbonyl (C=O) groups is 1. The summed E-state index contributed by atoms with van der Waals surface area (Å²) in [5.41, 5.74) is 1.78. The standard InChI is InChI=1S/C17H16BrN3OS/c18-16-8-7-15(23-16)5-2-6-17(22)20-13-3-1-4-14(11-13)21-10-9-19-12-21/h1,3-4,7-12H,2,5-6H2,(H,20,22). The summed E-state index contributed by atoms with van der Waals surface area (Å²) in [7, 11) is 0. The largest absolute Gasteiger partial charge is 0.326 e. The second kappa shape index (κ2) is 7.57. The molecule has 0 saturated heterocycles. The van der Waals surface area contributed by atoms with Crippen LogP contribution in [0.15, 0.2) is 58.9 Å². The zero-order valence-corrected chi connectivity index (χ0v) is 14.8. The fraction of sp³-hybridized carbons (Fsp3) is 0.176. The molecule has 0 radical (unpaired) electrons. The Morgan fingerprint density at radius 3 is 2.96 bits per heavy atom. The van der Waals surface area contributed by atoms with Crippen molar-refractivity contribution in [1.29, 1.82) is 0 Å². The number of hydrogen-bond donors (Lipinski definition) is 1. The summed E-state index contributed by atoms with van der Waals surface area (Å²) in [6, 6.07) is 11.9. The number of benzene rings is 1. The van der Waals surface area contributed by atoms with Gasteiger partial charge in [0.15, 0.2) is 0 Å². The quantitative estimate of drug-likeness (QED) is 0.666. The first-order valence-electron chi connectivity index (χ1n) is 7.33. The maximum atomic E-state index is 12.1. The molecule has 0 aliphatic heterocycles.